The molecular formula is C37H23N3O2. The molecule has 5 heteroatoms. The van der Waals surface area contributed by atoms with Crippen molar-refractivity contribution >= 4 is 49.7 Å². The first-order valence-corrected chi connectivity index (χ1v) is 14.3. The Labute approximate surface area is 240 Å². The van der Waals surface area contributed by atoms with Gasteiger partial charge in [-0.25, -0.2) is 0 Å². The van der Waals surface area contributed by atoms with Crippen molar-refractivity contribution in [3.05, 3.63) is 138 Å². The molecular weight excluding hydrogens is 518 g/mol. The number of nitrogens with zero attached hydrogens (tertiary/aromatic N) is 3. The molecule has 5 aromatic carbocycles. The summed E-state index contributed by atoms with van der Waals surface area (Å²) >= 11 is 0. The van der Waals surface area contributed by atoms with E-state index in [9.17, 15) is 0 Å². The van der Waals surface area contributed by atoms with E-state index < -0.39 is 0 Å². The summed E-state index contributed by atoms with van der Waals surface area (Å²) in [5.74, 6) is 1.73. The van der Waals surface area contributed by atoms with Gasteiger partial charge in [-0.05, 0) is 54.6 Å². The third-order valence-corrected chi connectivity index (χ3v) is 8.92. The fourth-order valence-electron chi connectivity index (χ4n) is 7.22. The van der Waals surface area contributed by atoms with Gasteiger partial charge in [0.15, 0.2) is 5.76 Å². The van der Waals surface area contributed by atoms with Gasteiger partial charge in [-0.1, -0.05) is 72.8 Å². The Morgan fingerprint density at radius 3 is 2.02 bits per heavy atom. The Morgan fingerprint density at radius 1 is 0.595 bits per heavy atom. The highest BCUT2D eigenvalue weighted by molar-refractivity contribution is 6.28. The lowest BCUT2D eigenvalue weighted by Gasteiger charge is -2.17. The van der Waals surface area contributed by atoms with Crippen LogP contribution in [-0.2, 0) is 0 Å². The van der Waals surface area contributed by atoms with E-state index in [1.165, 1.54) is 32.6 Å². The van der Waals surface area contributed by atoms with E-state index in [1.807, 2.05) is 18.2 Å². The molecule has 0 saturated heterocycles. The molecule has 0 N–H and O–H groups in total. The summed E-state index contributed by atoms with van der Waals surface area (Å²) < 4.78 is 17.4. The van der Waals surface area contributed by atoms with Gasteiger partial charge in [0.2, 0.25) is 0 Å². The summed E-state index contributed by atoms with van der Waals surface area (Å²) in [6.07, 6.45) is 4.03. The molecule has 1 aliphatic carbocycles. The minimum absolute atomic E-state index is 0.0161. The Balaban J connectivity index is 1.28. The largest absolute Gasteiger partial charge is 0.485 e. The van der Waals surface area contributed by atoms with Gasteiger partial charge < -0.3 is 13.7 Å². The SMILES string of the molecule is C1=CC2Oc3ccccc3C2c2nc(-n3c4ccccc4c4c5c6ccccc6n(-c6ccccc6)c5ccc43)oc21. The third-order valence-electron chi connectivity index (χ3n) is 8.92. The van der Waals surface area contributed by atoms with Crippen LogP contribution < -0.4 is 4.74 Å². The van der Waals surface area contributed by atoms with E-state index in [2.05, 4.69) is 118 Å². The lowest BCUT2D eigenvalue weighted by Crippen LogP contribution is -2.20. The van der Waals surface area contributed by atoms with Gasteiger partial charge >= 0.3 is 6.01 Å². The second-order valence-electron chi connectivity index (χ2n) is 11.1. The minimum Gasteiger partial charge on any atom is -0.485 e. The van der Waals surface area contributed by atoms with Crippen LogP contribution >= 0.6 is 0 Å². The number of para-hydroxylation sites is 4. The monoisotopic (exact) mass is 541 g/mol. The highest BCUT2D eigenvalue weighted by Crippen LogP contribution is 2.47. The summed E-state index contributed by atoms with van der Waals surface area (Å²) in [5, 5.41) is 4.83. The molecule has 0 fully saturated rings. The molecule has 2 unspecified atom stereocenters. The number of benzene rings is 5. The quantitative estimate of drug-likeness (QED) is 0.220. The zero-order valence-electron chi connectivity index (χ0n) is 22.4. The van der Waals surface area contributed by atoms with Crippen LogP contribution in [0.4, 0.5) is 0 Å². The Bertz CT molecular complexity index is 2410. The molecule has 0 saturated carbocycles. The standard InChI is InChI=1S/C37H23N3O2/c1-2-10-22(11-3-1)39-26-15-7-4-12-23(26)33-28(39)18-19-29-34(33)24-13-5-8-16-27(24)40(29)37-38-36-32(42-37)21-20-31-35(36)25-14-6-9-17-30(25)41-31/h1-21,31,35H. The van der Waals surface area contributed by atoms with Gasteiger partial charge in [0.1, 0.15) is 17.5 Å². The lowest BCUT2D eigenvalue weighted by molar-refractivity contribution is 0.265. The van der Waals surface area contributed by atoms with Crippen LogP contribution in [0.15, 0.2) is 126 Å². The number of fused-ring (bicyclic) bond motifs is 12. The number of oxazole rings is 1. The topological polar surface area (TPSA) is 45.1 Å². The summed E-state index contributed by atoms with van der Waals surface area (Å²) in [5.41, 5.74) is 7.73. The van der Waals surface area contributed by atoms with E-state index in [-0.39, 0.29) is 12.0 Å². The number of ether oxygens (including phenoxy) is 1. The molecule has 10 rings (SSSR count). The Morgan fingerprint density at radius 2 is 1.24 bits per heavy atom. The minimum atomic E-state index is -0.0743. The van der Waals surface area contributed by atoms with Crippen molar-refractivity contribution in [2.45, 2.75) is 12.0 Å². The maximum absolute atomic E-state index is 6.57. The van der Waals surface area contributed by atoms with Crippen molar-refractivity contribution in [3.63, 3.8) is 0 Å². The maximum Gasteiger partial charge on any atom is 0.307 e. The highest BCUT2D eigenvalue weighted by Gasteiger charge is 2.40. The molecule has 0 spiro atoms. The van der Waals surface area contributed by atoms with Crippen LogP contribution in [0.1, 0.15) is 22.9 Å². The van der Waals surface area contributed by atoms with Crippen LogP contribution in [0.2, 0.25) is 0 Å². The molecule has 0 radical (unpaired) electrons. The van der Waals surface area contributed by atoms with Crippen LogP contribution in [0.3, 0.4) is 0 Å². The molecule has 0 bridgehead atoms. The fourth-order valence-corrected chi connectivity index (χ4v) is 7.22. The van der Waals surface area contributed by atoms with Crippen LogP contribution in [-0.4, -0.2) is 20.2 Å². The predicted octanol–water partition coefficient (Wildman–Crippen LogP) is 8.79. The van der Waals surface area contributed by atoms with E-state index in [0.717, 1.165) is 39.5 Å². The van der Waals surface area contributed by atoms with E-state index in [4.69, 9.17) is 14.1 Å². The number of hydrogen-bond donors (Lipinski definition) is 0. The molecule has 8 aromatic rings. The molecule has 42 heavy (non-hydrogen) atoms. The van der Waals surface area contributed by atoms with Crippen molar-refractivity contribution < 1.29 is 9.15 Å². The van der Waals surface area contributed by atoms with Crippen LogP contribution in [0.25, 0.3) is 61.4 Å². The molecule has 0 amide bonds. The van der Waals surface area contributed by atoms with Gasteiger partial charge in [0, 0.05) is 32.8 Å². The molecule has 198 valence electrons. The van der Waals surface area contributed by atoms with Gasteiger partial charge in [-0.3, -0.25) is 4.57 Å². The first kappa shape index (κ1) is 22.2. The molecule has 4 heterocycles. The second-order valence-corrected chi connectivity index (χ2v) is 11.1. The predicted molar refractivity (Wildman–Crippen MR) is 167 cm³/mol. The molecule has 1 aliphatic heterocycles. The van der Waals surface area contributed by atoms with E-state index >= 15 is 0 Å². The van der Waals surface area contributed by atoms with Gasteiger partial charge in [0.25, 0.3) is 0 Å². The second kappa shape index (κ2) is 8.02. The van der Waals surface area contributed by atoms with Crippen molar-refractivity contribution in [2.75, 3.05) is 0 Å². The zero-order chi connectivity index (χ0) is 27.4. The average molecular weight is 542 g/mol. The van der Waals surface area contributed by atoms with E-state index in [1.54, 1.807) is 0 Å². The lowest BCUT2D eigenvalue weighted by atomic mass is 9.88. The zero-order valence-corrected chi connectivity index (χ0v) is 22.4. The summed E-state index contributed by atoms with van der Waals surface area (Å²) in [7, 11) is 0. The summed E-state index contributed by atoms with van der Waals surface area (Å²) in [6.45, 7) is 0. The van der Waals surface area contributed by atoms with E-state index in [0.29, 0.717) is 6.01 Å². The summed E-state index contributed by atoms with van der Waals surface area (Å²) in [6, 6.07) is 41.1. The van der Waals surface area contributed by atoms with Crippen molar-refractivity contribution in [2.24, 2.45) is 0 Å². The average Bonchev–Trinajstić information content (AvgIpc) is 3.79. The summed E-state index contributed by atoms with van der Waals surface area (Å²) in [4.78, 5) is 5.19. The van der Waals surface area contributed by atoms with Gasteiger partial charge in [-0.15, -0.1) is 0 Å². The van der Waals surface area contributed by atoms with Gasteiger partial charge in [0.05, 0.1) is 28.0 Å². The Kier molecular flexibility index (Phi) is 4.23. The molecule has 2 atom stereocenters. The number of hydrogen-bond acceptors (Lipinski definition) is 3. The smallest absolute Gasteiger partial charge is 0.307 e. The van der Waals surface area contributed by atoms with Crippen molar-refractivity contribution in [1.82, 2.24) is 14.1 Å². The maximum atomic E-state index is 6.57. The van der Waals surface area contributed by atoms with Gasteiger partial charge in [-0.2, -0.15) is 4.98 Å². The third kappa shape index (κ3) is 2.79. The van der Waals surface area contributed by atoms with Crippen LogP contribution in [0, 0.1) is 0 Å². The molecule has 2 aliphatic rings. The normalized spacial score (nSPS) is 17.1. The molecule has 5 nitrogen and oxygen atoms in total. The molecule has 3 aromatic heterocycles. The number of rotatable bonds is 2. The van der Waals surface area contributed by atoms with Crippen LogP contribution in [0.5, 0.6) is 5.75 Å². The first-order chi connectivity index (χ1) is 20.8. The van der Waals surface area contributed by atoms with Crippen molar-refractivity contribution in [3.8, 4) is 17.5 Å². The highest BCUT2D eigenvalue weighted by atomic mass is 16.5. The Hall–Kier alpha value is -5.55. The number of aromatic nitrogens is 3. The van der Waals surface area contributed by atoms with Crippen molar-refractivity contribution in [1.29, 1.82) is 0 Å². The first-order valence-electron chi connectivity index (χ1n) is 14.3. The fraction of sp³-hybridized carbons (Fsp3) is 0.0541.